The van der Waals surface area contributed by atoms with E-state index in [9.17, 15) is 4.79 Å². The highest BCUT2D eigenvalue weighted by Gasteiger charge is 2.55. The molecule has 2 heterocycles. The van der Waals surface area contributed by atoms with Gasteiger partial charge in [0.2, 0.25) is 5.88 Å². The Morgan fingerprint density at radius 1 is 1.48 bits per heavy atom. The molecule has 0 radical (unpaired) electrons. The number of nitrogens with zero attached hydrogens (tertiary/aromatic N) is 1. The molecule has 0 aromatic rings. The summed E-state index contributed by atoms with van der Waals surface area (Å²) in [4.78, 5) is 16.5. The molecule has 0 bridgehead atoms. The molecule has 2 aliphatic carbocycles. The lowest BCUT2D eigenvalue weighted by Crippen LogP contribution is -2.36. The van der Waals surface area contributed by atoms with Crippen molar-refractivity contribution in [1.82, 2.24) is 0 Å². The van der Waals surface area contributed by atoms with Gasteiger partial charge in [0.05, 0.1) is 24.7 Å². The number of hydrogen-bond acceptors (Lipinski definition) is 4. The molecule has 3 unspecified atom stereocenters. The van der Waals surface area contributed by atoms with Crippen LogP contribution in [0.2, 0.25) is 0 Å². The van der Waals surface area contributed by atoms with E-state index in [1.807, 2.05) is 18.4 Å². The molecule has 4 nitrogen and oxygen atoms in total. The molecule has 1 saturated heterocycles. The summed E-state index contributed by atoms with van der Waals surface area (Å²) in [6.07, 6.45) is 9.97. The highest BCUT2D eigenvalue weighted by Crippen LogP contribution is 2.55. The Bertz CT molecular complexity index is 628. The smallest absolute Gasteiger partial charge is 0.209 e. The van der Waals surface area contributed by atoms with Crippen LogP contribution in [-0.4, -0.2) is 31.3 Å². The topological polar surface area (TPSA) is 47.9 Å². The third kappa shape index (κ3) is 1.78. The van der Waals surface area contributed by atoms with Gasteiger partial charge in [0, 0.05) is 12.6 Å². The van der Waals surface area contributed by atoms with Gasteiger partial charge >= 0.3 is 0 Å². The van der Waals surface area contributed by atoms with Crippen molar-refractivity contribution in [3.63, 3.8) is 0 Å². The maximum absolute atomic E-state index is 12.1. The minimum atomic E-state index is -0.395. The number of ether oxygens (including phenoxy) is 2. The molecule has 21 heavy (non-hydrogen) atoms. The Labute approximate surface area is 124 Å². The van der Waals surface area contributed by atoms with Crippen molar-refractivity contribution in [2.75, 3.05) is 7.11 Å². The third-order valence-electron chi connectivity index (χ3n) is 5.03. The summed E-state index contributed by atoms with van der Waals surface area (Å²) in [6, 6.07) is 0. The summed E-state index contributed by atoms with van der Waals surface area (Å²) in [5.41, 5.74) is 2.10. The van der Waals surface area contributed by atoms with Crippen LogP contribution in [-0.2, 0) is 14.3 Å². The number of aliphatic imine (C=N–C) groups is 1. The van der Waals surface area contributed by atoms with Crippen molar-refractivity contribution in [1.29, 1.82) is 0 Å². The van der Waals surface area contributed by atoms with Gasteiger partial charge in [-0.25, -0.2) is 4.99 Å². The molecule has 0 aromatic heterocycles. The van der Waals surface area contributed by atoms with Crippen LogP contribution in [0.3, 0.4) is 0 Å². The fourth-order valence-corrected chi connectivity index (χ4v) is 4.23. The molecule has 0 aromatic carbocycles. The summed E-state index contributed by atoms with van der Waals surface area (Å²) in [7, 11) is 1.62. The monoisotopic (exact) mass is 285 g/mol. The van der Waals surface area contributed by atoms with Crippen molar-refractivity contribution in [3.8, 4) is 0 Å². The minimum Gasteiger partial charge on any atom is -0.481 e. The largest absolute Gasteiger partial charge is 0.481 e. The van der Waals surface area contributed by atoms with Gasteiger partial charge in [-0.05, 0) is 42.1 Å². The van der Waals surface area contributed by atoms with Gasteiger partial charge in [-0.2, -0.15) is 0 Å². The zero-order chi connectivity index (χ0) is 14.6. The molecule has 4 heteroatoms. The normalized spacial score (nSPS) is 40.6. The van der Waals surface area contributed by atoms with E-state index < -0.39 is 5.41 Å². The number of carbonyl (C=O) groups is 1. The molecule has 2 aliphatic heterocycles. The first-order chi connectivity index (χ1) is 10.1. The molecule has 0 amide bonds. The second-order valence-corrected chi connectivity index (χ2v) is 6.52. The Morgan fingerprint density at radius 2 is 2.33 bits per heavy atom. The summed E-state index contributed by atoms with van der Waals surface area (Å²) in [5, 5.41) is 0. The molecule has 4 aliphatic rings. The summed E-state index contributed by atoms with van der Waals surface area (Å²) in [5.74, 6) is 1.30. The number of carbonyl (C=O) groups excluding carboxylic acids is 1. The first-order valence-electron chi connectivity index (χ1n) is 7.53. The van der Waals surface area contributed by atoms with Crippen molar-refractivity contribution < 1.29 is 14.3 Å². The standard InChI is InChI=1S/C17H19NO3/c1-10-5-11-9-18-15(20-2)8-17-7-12(19)3-4-14(17)21-13(6-10)16(11)17/h3-4,8-10,13-14H,5-7H2,1-2H3/t10?,13?,14-,17?/m0/s1. The molecule has 0 saturated carbocycles. The molecular weight excluding hydrogens is 266 g/mol. The summed E-state index contributed by atoms with van der Waals surface area (Å²) >= 11 is 0. The van der Waals surface area contributed by atoms with Crippen molar-refractivity contribution in [2.24, 2.45) is 16.3 Å². The van der Waals surface area contributed by atoms with E-state index in [0.717, 1.165) is 12.8 Å². The second-order valence-electron chi connectivity index (χ2n) is 6.52. The van der Waals surface area contributed by atoms with Crippen LogP contribution >= 0.6 is 0 Å². The van der Waals surface area contributed by atoms with Crippen molar-refractivity contribution in [2.45, 2.75) is 38.4 Å². The molecule has 1 fully saturated rings. The van der Waals surface area contributed by atoms with Gasteiger partial charge in [-0.15, -0.1) is 0 Å². The lowest BCUT2D eigenvalue weighted by atomic mass is 9.65. The lowest BCUT2D eigenvalue weighted by molar-refractivity contribution is -0.117. The molecule has 1 spiro atoms. The van der Waals surface area contributed by atoms with Gasteiger partial charge in [0.1, 0.15) is 0 Å². The van der Waals surface area contributed by atoms with E-state index in [4.69, 9.17) is 9.47 Å². The predicted molar refractivity (Wildman–Crippen MR) is 78.9 cm³/mol. The Balaban J connectivity index is 1.94. The minimum absolute atomic E-state index is 0.0812. The van der Waals surface area contributed by atoms with Gasteiger partial charge in [0.25, 0.3) is 0 Å². The molecular formula is C17H19NO3. The predicted octanol–water partition coefficient (Wildman–Crippen LogP) is 2.57. The van der Waals surface area contributed by atoms with Crippen LogP contribution in [0.25, 0.3) is 0 Å². The SMILES string of the molecule is COC1=CC23CC(=O)C=C[C@@H]2OC2CC(C)CC(=C23)C=N1. The Hall–Kier alpha value is -1.68. The van der Waals surface area contributed by atoms with Crippen molar-refractivity contribution >= 4 is 12.0 Å². The fraction of sp³-hybridized carbons (Fsp3) is 0.529. The third-order valence-corrected chi connectivity index (χ3v) is 5.03. The van der Waals surface area contributed by atoms with E-state index in [2.05, 4.69) is 11.9 Å². The molecule has 4 atom stereocenters. The van der Waals surface area contributed by atoms with E-state index in [1.54, 1.807) is 13.2 Å². The first-order valence-corrected chi connectivity index (χ1v) is 7.53. The lowest BCUT2D eigenvalue weighted by Gasteiger charge is -2.34. The number of ketones is 1. The van der Waals surface area contributed by atoms with Gasteiger partial charge in [0.15, 0.2) is 5.78 Å². The maximum Gasteiger partial charge on any atom is 0.209 e. The van der Waals surface area contributed by atoms with Crippen molar-refractivity contribution in [3.05, 3.63) is 35.3 Å². The average molecular weight is 285 g/mol. The Morgan fingerprint density at radius 3 is 3.14 bits per heavy atom. The zero-order valence-electron chi connectivity index (χ0n) is 12.3. The van der Waals surface area contributed by atoms with Gasteiger partial charge in [-0.3, -0.25) is 4.79 Å². The fourth-order valence-electron chi connectivity index (χ4n) is 4.23. The molecule has 110 valence electrons. The molecule has 4 rings (SSSR count). The van der Waals surface area contributed by atoms with Gasteiger partial charge < -0.3 is 9.47 Å². The van der Waals surface area contributed by atoms with Gasteiger partial charge in [-0.1, -0.05) is 13.0 Å². The zero-order valence-corrected chi connectivity index (χ0v) is 12.3. The van der Waals surface area contributed by atoms with Crippen LogP contribution in [0.4, 0.5) is 0 Å². The van der Waals surface area contributed by atoms with Crippen LogP contribution < -0.4 is 0 Å². The number of allylic oxidation sites excluding steroid dienone is 2. The first kappa shape index (κ1) is 13.0. The highest BCUT2D eigenvalue weighted by atomic mass is 16.5. The Kier molecular flexibility index (Phi) is 2.73. The van der Waals surface area contributed by atoms with E-state index in [1.165, 1.54) is 11.1 Å². The van der Waals surface area contributed by atoms with Crippen LogP contribution in [0.1, 0.15) is 26.2 Å². The number of rotatable bonds is 1. The summed E-state index contributed by atoms with van der Waals surface area (Å²) < 4.78 is 11.7. The van der Waals surface area contributed by atoms with Crippen LogP contribution in [0, 0.1) is 11.3 Å². The number of hydrogen-bond donors (Lipinski definition) is 0. The van der Waals surface area contributed by atoms with Crippen LogP contribution in [0.15, 0.2) is 40.2 Å². The summed E-state index contributed by atoms with van der Waals surface area (Å²) in [6.45, 7) is 2.24. The molecule has 0 N–H and O–H groups in total. The van der Waals surface area contributed by atoms with E-state index in [0.29, 0.717) is 18.2 Å². The quantitative estimate of drug-likeness (QED) is 0.744. The maximum atomic E-state index is 12.1. The highest BCUT2D eigenvalue weighted by molar-refractivity contribution is 5.93. The number of methoxy groups -OCH3 is 1. The second kappa shape index (κ2) is 4.41. The van der Waals surface area contributed by atoms with E-state index >= 15 is 0 Å². The van der Waals surface area contributed by atoms with Crippen LogP contribution in [0.5, 0.6) is 0 Å². The average Bonchev–Trinajstić information content (AvgIpc) is 2.66. The van der Waals surface area contributed by atoms with E-state index in [-0.39, 0.29) is 18.0 Å².